The molecule has 0 unspecified atom stereocenters. The monoisotopic (exact) mass is 257 g/mol. The van der Waals surface area contributed by atoms with Crippen LogP contribution >= 0.6 is 0 Å². The van der Waals surface area contributed by atoms with E-state index in [1.807, 2.05) is 30.3 Å². The number of rotatable bonds is 1. The van der Waals surface area contributed by atoms with Gasteiger partial charge in [0.25, 0.3) is 5.91 Å². The summed E-state index contributed by atoms with van der Waals surface area (Å²) in [7, 11) is 0. The van der Waals surface area contributed by atoms with Crippen LogP contribution in [0.25, 0.3) is 0 Å². The highest BCUT2D eigenvalue weighted by atomic mass is 16.2. The molecule has 1 saturated carbocycles. The fourth-order valence-electron chi connectivity index (χ4n) is 4.44. The van der Waals surface area contributed by atoms with E-state index in [-0.39, 0.29) is 5.91 Å². The Morgan fingerprint density at radius 1 is 1.16 bits per heavy atom. The lowest BCUT2D eigenvalue weighted by molar-refractivity contribution is 0.0708. The molecule has 3 rings (SSSR count). The minimum atomic E-state index is 0.215. The van der Waals surface area contributed by atoms with Crippen LogP contribution in [0.5, 0.6) is 0 Å². The average molecular weight is 257 g/mol. The van der Waals surface area contributed by atoms with Crippen LogP contribution in [-0.2, 0) is 0 Å². The third-order valence-electron chi connectivity index (χ3n) is 4.70. The lowest BCUT2D eigenvalue weighted by Gasteiger charge is -2.39. The van der Waals surface area contributed by atoms with E-state index in [2.05, 4.69) is 25.7 Å². The van der Waals surface area contributed by atoms with Crippen LogP contribution in [-0.4, -0.2) is 23.4 Å². The van der Waals surface area contributed by atoms with Crippen molar-refractivity contribution in [1.82, 2.24) is 4.90 Å². The topological polar surface area (TPSA) is 20.3 Å². The minimum Gasteiger partial charge on any atom is -0.335 e. The molecule has 2 bridgehead atoms. The molecule has 1 aromatic carbocycles. The van der Waals surface area contributed by atoms with Gasteiger partial charge >= 0.3 is 0 Å². The van der Waals surface area contributed by atoms with Gasteiger partial charge < -0.3 is 4.90 Å². The Morgan fingerprint density at radius 3 is 2.53 bits per heavy atom. The summed E-state index contributed by atoms with van der Waals surface area (Å²) in [6, 6.07) is 10.1. The van der Waals surface area contributed by atoms with E-state index in [0.717, 1.165) is 18.5 Å². The van der Waals surface area contributed by atoms with Crippen molar-refractivity contribution < 1.29 is 4.79 Å². The van der Waals surface area contributed by atoms with Crippen LogP contribution in [0.4, 0.5) is 0 Å². The summed E-state index contributed by atoms with van der Waals surface area (Å²) in [4.78, 5) is 14.8. The molecule has 1 saturated heterocycles. The molecule has 2 atom stereocenters. The predicted molar refractivity (Wildman–Crippen MR) is 77.0 cm³/mol. The second kappa shape index (κ2) is 4.09. The zero-order valence-electron chi connectivity index (χ0n) is 12.1. The third kappa shape index (κ3) is 2.29. The van der Waals surface area contributed by atoms with Gasteiger partial charge in [-0.2, -0.15) is 0 Å². The second-order valence-electron chi connectivity index (χ2n) is 7.51. The van der Waals surface area contributed by atoms with Crippen molar-refractivity contribution >= 4 is 5.91 Å². The molecular weight excluding hydrogens is 234 g/mol. The van der Waals surface area contributed by atoms with Crippen LogP contribution in [0.2, 0.25) is 0 Å². The maximum absolute atomic E-state index is 12.7. The Balaban J connectivity index is 1.86. The highest BCUT2D eigenvalue weighted by Crippen LogP contribution is 2.52. The summed E-state index contributed by atoms with van der Waals surface area (Å²) in [5, 5.41) is 0. The first-order valence-corrected chi connectivity index (χ1v) is 7.25. The number of likely N-dealkylation sites (tertiary alicyclic amines) is 1. The maximum atomic E-state index is 12.7. The highest BCUT2D eigenvalue weighted by molar-refractivity contribution is 5.94. The summed E-state index contributed by atoms with van der Waals surface area (Å²) in [5.41, 5.74) is 1.51. The number of benzene rings is 1. The SMILES string of the molecule is CC1(C)C[C@H]2C[C@@](C)(CN2C(=O)c2ccccc2)C1. The van der Waals surface area contributed by atoms with Gasteiger partial charge in [0.05, 0.1) is 0 Å². The van der Waals surface area contributed by atoms with Crippen LogP contribution in [0.1, 0.15) is 50.4 Å². The van der Waals surface area contributed by atoms with E-state index < -0.39 is 0 Å². The number of amides is 1. The van der Waals surface area contributed by atoms with Gasteiger partial charge in [0.2, 0.25) is 0 Å². The van der Waals surface area contributed by atoms with Crippen LogP contribution < -0.4 is 0 Å². The van der Waals surface area contributed by atoms with Crippen LogP contribution in [0.3, 0.4) is 0 Å². The van der Waals surface area contributed by atoms with Gasteiger partial charge in [-0.15, -0.1) is 0 Å². The molecule has 0 spiro atoms. The van der Waals surface area contributed by atoms with Crippen molar-refractivity contribution in [3.63, 3.8) is 0 Å². The second-order valence-corrected chi connectivity index (χ2v) is 7.51. The van der Waals surface area contributed by atoms with E-state index in [4.69, 9.17) is 0 Å². The Kier molecular flexibility index (Phi) is 2.74. The average Bonchev–Trinajstić information content (AvgIpc) is 2.59. The summed E-state index contributed by atoms with van der Waals surface area (Å²) >= 11 is 0. The molecule has 1 amide bonds. The summed E-state index contributed by atoms with van der Waals surface area (Å²) in [6.45, 7) is 7.95. The lowest BCUT2D eigenvalue weighted by atomic mass is 9.65. The lowest BCUT2D eigenvalue weighted by Crippen LogP contribution is -2.37. The van der Waals surface area contributed by atoms with E-state index in [9.17, 15) is 4.79 Å². The van der Waals surface area contributed by atoms with Crippen molar-refractivity contribution in [2.24, 2.45) is 10.8 Å². The smallest absolute Gasteiger partial charge is 0.254 e. The van der Waals surface area contributed by atoms with E-state index in [1.54, 1.807) is 0 Å². The van der Waals surface area contributed by atoms with Gasteiger partial charge in [0, 0.05) is 18.2 Å². The van der Waals surface area contributed by atoms with Gasteiger partial charge in [-0.25, -0.2) is 0 Å². The predicted octanol–water partition coefficient (Wildman–Crippen LogP) is 3.73. The van der Waals surface area contributed by atoms with Crippen molar-refractivity contribution in [2.75, 3.05) is 6.54 Å². The Labute approximate surface area is 115 Å². The Bertz CT molecular complexity index is 493. The molecule has 1 aliphatic heterocycles. The van der Waals surface area contributed by atoms with E-state index in [1.165, 1.54) is 12.8 Å². The number of hydrogen-bond donors (Lipinski definition) is 0. The third-order valence-corrected chi connectivity index (χ3v) is 4.70. The van der Waals surface area contributed by atoms with E-state index in [0.29, 0.717) is 16.9 Å². The van der Waals surface area contributed by atoms with Crippen molar-refractivity contribution in [3.05, 3.63) is 35.9 Å². The molecule has 2 nitrogen and oxygen atoms in total. The van der Waals surface area contributed by atoms with Crippen molar-refractivity contribution in [3.8, 4) is 0 Å². The van der Waals surface area contributed by atoms with Gasteiger partial charge in [-0.05, 0) is 42.2 Å². The van der Waals surface area contributed by atoms with Crippen LogP contribution in [0.15, 0.2) is 30.3 Å². The Morgan fingerprint density at radius 2 is 1.84 bits per heavy atom. The van der Waals surface area contributed by atoms with Gasteiger partial charge in [-0.3, -0.25) is 4.79 Å². The summed E-state index contributed by atoms with van der Waals surface area (Å²) in [5.74, 6) is 0.215. The zero-order chi connectivity index (χ0) is 13.7. The number of nitrogens with zero attached hydrogens (tertiary/aromatic N) is 1. The quantitative estimate of drug-likeness (QED) is 0.750. The van der Waals surface area contributed by atoms with Gasteiger partial charge in [-0.1, -0.05) is 39.0 Å². The maximum Gasteiger partial charge on any atom is 0.254 e. The first kappa shape index (κ1) is 12.7. The van der Waals surface area contributed by atoms with Gasteiger partial charge in [0.15, 0.2) is 0 Å². The van der Waals surface area contributed by atoms with Crippen LogP contribution in [0, 0.1) is 10.8 Å². The molecule has 0 aromatic heterocycles. The van der Waals surface area contributed by atoms with Crippen molar-refractivity contribution in [2.45, 2.75) is 46.1 Å². The molecule has 1 aliphatic carbocycles. The molecule has 102 valence electrons. The molecule has 2 heteroatoms. The molecule has 2 fully saturated rings. The number of carbonyl (C=O) groups excluding carboxylic acids is 1. The fraction of sp³-hybridized carbons (Fsp3) is 0.588. The molecular formula is C17H23NO. The molecule has 0 radical (unpaired) electrons. The van der Waals surface area contributed by atoms with Crippen molar-refractivity contribution in [1.29, 1.82) is 0 Å². The zero-order valence-corrected chi connectivity index (χ0v) is 12.1. The normalized spacial score (nSPS) is 32.4. The first-order chi connectivity index (χ1) is 8.89. The molecule has 1 aromatic rings. The molecule has 2 aliphatic rings. The molecule has 1 heterocycles. The summed E-state index contributed by atoms with van der Waals surface area (Å²) < 4.78 is 0. The van der Waals surface area contributed by atoms with E-state index >= 15 is 0 Å². The first-order valence-electron chi connectivity index (χ1n) is 7.25. The number of fused-ring (bicyclic) bond motifs is 2. The van der Waals surface area contributed by atoms with Gasteiger partial charge in [0.1, 0.15) is 0 Å². The fourth-order valence-corrected chi connectivity index (χ4v) is 4.44. The highest BCUT2D eigenvalue weighted by Gasteiger charge is 2.50. The largest absolute Gasteiger partial charge is 0.335 e. The number of carbonyl (C=O) groups is 1. The Hall–Kier alpha value is -1.31. The summed E-state index contributed by atoms with van der Waals surface area (Å²) in [6.07, 6.45) is 3.55. The standard InChI is InChI=1S/C17H23NO/c1-16(2)9-14-10-17(3,11-16)12-18(14)15(19)13-7-5-4-6-8-13/h4-8,14H,9-12H2,1-3H3/t14-,17+/m0/s1. The minimum absolute atomic E-state index is 0.215. The molecule has 0 N–H and O–H groups in total. The molecule has 19 heavy (non-hydrogen) atoms. The number of hydrogen-bond acceptors (Lipinski definition) is 1.